The lowest BCUT2D eigenvalue weighted by Crippen LogP contribution is -2.23. The van der Waals surface area contributed by atoms with E-state index in [1.165, 1.54) is 18.0 Å². The van der Waals surface area contributed by atoms with E-state index in [-0.39, 0.29) is 16.7 Å². The Balaban J connectivity index is 2.06. The van der Waals surface area contributed by atoms with E-state index in [4.69, 9.17) is 11.6 Å². The molecule has 0 aliphatic heterocycles. The van der Waals surface area contributed by atoms with Crippen molar-refractivity contribution in [2.75, 3.05) is 0 Å². The van der Waals surface area contributed by atoms with E-state index in [0.717, 1.165) is 5.56 Å². The second-order valence-electron chi connectivity index (χ2n) is 4.91. The van der Waals surface area contributed by atoms with Crippen LogP contribution in [0.15, 0.2) is 41.6 Å². The Morgan fingerprint density at radius 1 is 1.14 bits per heavy atom. The van der Waals surface area contributed by atoms with E-state index in [9.17, 15) is 8.42 Å². The van der Waals surface area contributed by atoms with Gasteiger partial charge in [0.1, 0.15) is 4.90 Å². The third-order valence-electron chi connectivity index (χ3n) is 3.02. The van der Waals surface area contributed by atoms with E-state index in [0.29, 0.717) is 5.92 Å². The van der Waals surface area contributed by atoms with Gasteiger partial charge in [-0.1, -0.05) is 38.1 Å². The van der Waals surface area contributed by atoms with Crippen molar-refractivity contribution in [2.24, 2.45) is 0 Å². The predicted octanol–water partition coefficient (Wildman–Crippen LogP) is 2.73. The van der Waals surface area contributed by atoms with Gasteiger partial charge < -0.3 is 0 Å². The van der Waals surface area contributed by atoms with E-state index in [1.807, 2.05) is 24.3 Å². The van der Waals surface area contributed by atoms with Gasteiger partial charge in [0.2, 0.25) is 15.3 Å². The van der Waals surface area contributed by atoms with Crippen molar-refractivity contribution >= 4 is 21.6 Å². The standard InChI is InChI=1S/C14H16ClN3O2S/c1-10(2)12-5-3-11(4-6-12)7-18-21(19,20)13-8-16-14(15)17-9-13/h3-6,8-10,18H,7H2,1-2H3. The molecule has 0 bridgehead atoms. The number of benzene rings is 1. The van der Waals surface area contributed by atoms with Crippen LogP contribution >= 0.6 is 11.6 Å². The van der Waals surface area contributed by atoms with Crippen molar-refractivity contribution in [1.82, 2.24) is 14.7 Å². The van der Waals surface area contributed by atoms with Crippen LogP contribution in [0.4, 0.5) is 0 Å². The average molecular weight is 326 g/mol. The number of rotatable bonds is 5. The summed E-state index contributed by atoms with van der Waals surface area (Å²) in [6, 6.07) is 7.83. The Morgan fingerprint density at radius 2 is 1.71 bits per heavy atom. The minimum atomic E-state index is -3.64. The molecule has 0 radical (unpaired) electrons. The number of nitrogens with zero attached hydrogens (tertiary/aromatic N) is 2. The summed E-state index contributed by atoms with van der Waals surface area (Å²) >= 11 is 5.54. The third kappa shape index (κ3) is 4.23. The second kappa shape index (κ2) is 6.51. The van der Waals surface area contributed by atoms with Gasteiger partial charge in [0.05, 0.1) is 12.4 Å². The normalized spacial score (nSPS) is 11.8. The Morgan fingerprint density at radius 3 is 2.24 bits per heavy atom. The minimum absolute atomic E-state index is 0.00861. The molecule has 1 aromatic carbocycles. The number of halogens is 1. The SMILES string of the molecule is CC(C)c1ccc(CNS(=O)(=O)c2cnc(Cl)nc2)cc1. The molecule has 1 N–H and O–H groups in total. The van der Waals surface area contributed by atoms with Crippen molar-refractivity contribution in [3.05, 3.63) is 53.1 Å². The smallest absolute Gasteiger partial charge is 0.225 e. The van der Waals surface area contributed by atoms with Crippen molar-refractivity contribution in [3.63, 3.8) is 0 Å². The molecule has 0 spiro atoms. The zero-order valence-electron chi connectivity index (χ0n) is 11.7. The molecule has 112 valence electrons. The molecule has 0 aliphatic carbocycles. The summed E-state index contributed by atoms with van der Waals surface area (Å²) in [5, 5.41) is 0.0122. The highest BCUT2D eigenvalue weighted by Crippen LogP contribution is 2.15. The molecule has 0 saturated carbocycles. The maximum Gasteiger partial charge on any atom is 0.243 e. The first kappa shape index (κ1) is 15.9. The van der Waals surface area contributed by atoms with Gasteiger partial charge in [-0.3, -0.25) is 0 Å². The van der Waals surface area contributed by atoms with Crippen LogP contribution in [-0.2, 0) is 16.6 Å². The van der Waals surface area contributed by atoms with Crippen LogP contribution < -0.4 is 4.72 Å². The molecular formula is C14H16ClN3O2S. The molecular weight excluding hydrogens is 310 g/mol. The van der Waals surface area contributed by atoms with E-state index < -0.39 is 10.0 Å². The number of hydrogen-bond donors (Lipinski definition) is 1. The summed E-state index contributed by atoms with van der Waals surface area (Å²) < 4.78 is 26.6. The van der Waals surface area contributed by atoms with Gasteiger partial charge in [0.25, 0.3) is 0 Å². The monoisotopic (exact) mass is 325 g/mol. The summed E-state index contributed by atoms with van der Waals surface area (Å²) in [6.07, 6.45) is 2.36. The molecule has 7 heteroatoms. The second-order valence-corrected chi connectivity index (χ2v) is 7.01. The Bertz CT molecular complexity index is 698. The molecule has 5 nitrogen and oxygen atoms in total. The van der Waals surface area contributed by atoms with E-state index >= 15 is 0 Å². The van der Waals surface area contributed by atoms with Crippen LogP contribution in [0.5, 0.6) is 0 Å². The fourth-order valence-corrected chi connectivity index (χ4v) is 2.73. The fourth-order valence-electron chi connectivity index (χ4n) is 1.72. The van der Waals surface area contributed by atoms with Gasteiger partial charge in [0, 0.05) is 6.54 Å². The number of sulfonamides is 1. The Labute approximate surface area is 129 Å². The van der Waals surface area contributed by atoms with Gasteiger partial charge in [-0.2, -0.15) is 0 Å². The molecule has 0 fully saturated rings. The number of hydrogen-bond acceptors (Lipinski definition) is 4. The highest BCUT2D eigenvalue weighted by Gasteiger charge is 2.14. The maximum absolute atomic E-state index is 12.1. The highest BCUT2D eigenvalue weighted by atomic mass is 35.5. The molecule has 0 amide bonds. The topological polar surface area (TPSA) is 72.0 Å². The first-order valence-corrected chi connectivity index (χ1v) is 8.30. The summed E-state index contributed by atoms with van der Waals surface area (Å²) in [4.78, 5) is 7.32. The van der Waals surface area contributed by atoms with Crippen LogP contribution in [0.2, 0.25) is 5.28 Å². The lowest BCUT2D eigenvalue weighted by molar-refractivity contribution is 0.580. The molecule has 0 unspecified atom stereocenters. The minimum Gasteiger partial charge on any atom is -0.225 e. The van der Waals surface area contributed by atoms with Crippen LogP contribution in [0, 0.1) is 0 Å². The molecule has 1 aromatic heterocycles. The van der Waals surface area contributed by atoms with Crippen LogP contribution in [0.1, 0.15) is 30.9 Å². The predicted molar refractivity (Wildman–Crippen MR) is 81.6 cm³/mol. The molecule has 21 heavy (non-hydrogen) atoms. The average Bonchev–Trinajstić information content (AvgIpc) is 2.46. The van der Waals surface area contributed by atoms with Gasteiger partial charge in [-0.25, -0.2) is 23.1 Å². The van der Waals surface area contributed by atoms with Crippen molar-refractivity contribution < 1.29 is 8.42 Å². The molecule has 2 rings (SSSR count). The van der Waals surface area contributed by atoms with Gasteiger partial charge in [-0.05, 0) is 28.6 Å². The summed E-state index contributed by atoms with van der Waals surface area (Å²) in [6.45, 7) is 4.43. The summed E-state index contributed by atoms with van der Waals surface area (Å²) in [7, 11) is -3.64. The number of nitrogens with one attached hydrogen (secondary N) is 1. The summed E-state index contributed by atoms with van der Waals surface area (Å²) in [5.74, 6) is 0.446. The maximum atomic E-state index is 12.1. The fraction of sp³-hybridized carbons (Fsp3) is 0.286. The van der Waals surface area contributed by atoms with Crippen LogP contribution in [0.25, 0.3) is 0 Å². The van der Waals surface area contributed by atoms with Gasteiger partial charge in [0.15, 0.2) is 0 Å². The van der Waals surface area contributed by atoms with Gasteiger partial charge >= 0.3 is 0 Å². The van der Waals surface area contributed by atoms with Crippen molar-refractivity contribution in [2.45, 2.75) is 31.2 Å². The zero-order chi connectivity index (χ0) is 15.5. The van der Waals surface area contributed by atoms with Crippen LogP contribution in [-0.4, -0.2) is 18.4 Å². The van der Waals surface area contributed by atoms with Gasteiger partial charge in [-0.15, -0.1) is 0 Å². The first-order valence-electron chi connectivity index (χ1n) is 6.44. The Kier molecular flexibility index (Phi) is 4.92. The molecule has 0 atom stereocenters. The van der Waals surface area contributed by atoms with Crippen molar-refractivity contribution in [3.8, 4) is 0 Å². The third-order valence-corrected chi connectivity index (χ3v) is 4.57. The molecule has 0 saturated heterocycles. The first-order chi connectivity index (χ1) is 9.88. The molecule has 1 heterocycles. The molecule has 0 aliphatic rings. The Hall–Kier alpha value is -1.50. The quantitative estimate of drug-likeness (QED) is 0.858. The van der Waals surface area contributed by atoms with E-state index in [2.05, 4.69) is 28.5 Å². The van der Waals surface area contributed by atoms with E-state index in [1.54, 1.807) is 0 Å². The zero-order valence-corrected chi connectivity index (χ0v) is 13.3. The number of aromatic nitrogens is 2. The highest BCUT2D eigenvalue weighted by molar-refractivity contribution is 7.89. The van der Waals surface area contributed by atoms with Crippen molar-refractivity contribution in [1.29, 1.82) is 0 Å². The summed E-state index contributed by atoms with van der Waals surface area (Å²) in [5.41, 5.74) is 2.10. The lowest BCUT2D eigenvalue weighted by atomic mass is 10.0. The van der Waals surface area contributed by atoms with Crippen LogP contribution in [0.3, 0.4) is 0 Å². The largest absolute Gasteiger partial charge is 0.243 e. The molecule has 2 aromatic rings. The lowest BCUT2D eigenvalue weighted by Gasteiger charge is -2.08.